The van der Waals surface area contributed by atoms with Crippen molar-refractivity contribution in [3.8, 4) is 11.5 Å². The number of nitro benzene ring substituents is 1. The van der Waals surface area contributed by atoms with E-state index in [9.17, 15) is 19.7 Å². The molecule has 0 aliphatic carbocycles. The first kappa shape index (κ1) is 17.8. The van der Waals surface area contributed by atoms with E-state index in [1.54, 1.807) is 0 Å². The van der Waals surface area contributed by atoms with Gasteiger partial charge in [0.1, 0.15) is 18.6 Å². The van der Waals surface area contributed by atoms with Crippen LogP contribution in [0.25, 0.3) is 0 Å². The highest BCUT2D eigenvalue weighted by atomic mass is 16.6. The molecule has 0 bridgehead atoms. The number of nitrogens with zero attached hydrogens (tertiary/aromatic N) is 4. The Hall–Kier alpha value is -3.50. The van der Waals surface area contributed by atoms with Gasteiger partial charge in [0.2, 0.25) is 5.75 Å². The second-order valence-electron chi connectivity index (χ2n) is 4.85. The Morgan fingerprint density at radius 1 is 1.48 bits per heavy atom. The minimum atomic E-state index is -0.969. The average molecular weight is 350 g/mol. The second kappa shape index (κ2) is 7.86. The van der Waals surface area contributed by atoms with E-state index in [0.717, 1.165) is 6.07 Å². The number of carboxylic acid groups (broad SMARTS) is 1. The molecular weight excluding hydrogens is 336 g/mol. The predicted molar refractivity (Wildman–Crippen MR) is 81.6 cm³/mol. The van der Waals surface area contributed by atoms with Crippen molar-refractivity contribution in [2.24, 2.45) is 0 Å². The molecule has 0 radical (unpaired) electrons. The topological polar surface area (TPSA) is 147 Å². The summed E-state index contributed by atoms with van der Waals surface area (Å²) in [5.41, 5.74) is 0.0106. The lowest BCUT2D eigenvalue weighted by Crippen LogP contribution is -2.05. The van der Waals surface area contributed by atoms with Gasteiger partial charge in [-0.2, -0.15) is 0 Å². The van der Waals surface area contributed by atoms with Crippen LogP contribution in [-0.4, -0.2) is 44.4 Å². The number of aldehydes is 1. The molecule has 0 fully saturated rings. The van der Waals surface area contributed by atoms with Gasteiger partial charge >= 0.3 is 11.7 Å². The van der Waals surface area contributed by atoms with Crippen molar-refractivity contribution in [1.82, 2.24) is 15.0 Å². The molecule has 2 rings (SSSR count). The number of hydrogen-bond acceptors (Lipinski definition) is 8. The number of carbonyl (C=O) groups is 2. The average Bonchev–Trinajstić information content (AvgIpc) is 3.05. The number of carbonyl (C=O) groups excluding carboxylic acids is 1. The molecule has 1 heterocycles. The molecule has 1 N–H and O–H groups in total. The van der Waals surface area contributed by atoms with Gasteiger partial charge in [-0.1, -0.05) is 5.21 Å². The molecule has 0 spiro atoms. The summed E-state index contributed by atoms with van der Waals surface area (Å²) in [7, 11) is 1.29. The van der Waals surface area contributed by atoms with Gasteiger partial charge in [-0.15, -0.1) is 5.10 Å². The minimum absolute atomic E-state index is 0.0366. The van der Waals surface area contributed by atoms with Gasteiger partial charge in [-0.25, -0.2) is 0 Å². The molecular formula is C14H14N4O7. The molecule has 0 unspecified atom stereocenters. The highest BCUT2D eigenvalue weighted by Gasteiger charge is 2.22. The lowest BCUT2D eigenvalue weighted by Gasteiger charge is -2.10. The summed E-state index contributed by atoms with van der Waals surface area (Å²) in [6, 6.07) is 2.40. The van der Waals surface area contributed by atoms with Crippen molar-refractivity contribution >= 4 is 17.9 Å². The lowest BCUT2D eigenvalue weighted by atomic mass is 10.2. The molecule has 0 aliphatic heterocycles. The van der Waals surface area contributed by atoms with Crippen molar-refractivity contribution in [2.75, 3.05) is 7.11 Å². The van der Waals surface area contributed by atoms with E-state index >= 15 is 0 Å². The maximum absolute atomic E-state index is 11.2. The first-order valence-electron chi connectivity index (χ1n) is 6.99. The molecule has 2 aromatic rings. The van der Waals surface area contributed by atoms with Gasteiger partial charge in [0.05, 0.1) is 31.2 Å². The Morgan fingerprint density at radius 2 is 2.24 bits per heavy atom. The lowest BCUT2D eigenvalue weighted by molar-refractivity contribution is -0.386. The van der Waals surface area contributed by atoms with E-state index in [-0.39, 0.29) is 36.6 Å². The van der Waals surface area contributed by atoms with Crippen molar-refractivity contribution in [2.45, 2.75) is 19.6 Å². The molecule has 11 heteroatoms. The quantitative estimate of drug-likeness (QED) is 0.398. The van der Waals surface area contributed by atoms with Crippen molar-refractivity contribution in [3.05, 3.63) is 39.7 Å². The summed E-state index contributed by atoms with van der Waals surface area (Å²) in [5, 5.41) is 27.4. The fraction of sp³-hybridized carbons (Fsp3) is 0.286. The molecule has 1 aromatic heterocycles. The van der Waals surface area contributed by atoms with Crippen LogP contribution >= 0.6 is 0 Å². The van der Waals surface area contributed by atoms with E-state index in [4.69, 9.17) is 14.6 Å². The van der Waals surface area contributed by atoms with Crippen LogP contribution in [0, 0.1) is 10.1 Å². The van der Waals surface area contributed by atoms with E-state index in [2.05, 4.69) is 10.3 Å². The molecule has 0 amide bonds. The minimum Gasteiger partial charge on any atom is -0.493 e. The van der Waals surface area contributed by atoms with Gasteiger partial charge in [0.15, 0.2) is 5.75 Å². The molecule has 1 aromatic carbocycles. The molecule has 0 atom stereocenters. The SMILES string of the molecule is COc1cc(C=O)cc([N+](=O)[O-])c1OCc1cn(CCC(=O)O)nn1. The Labute approximate surface area is 140 Å². The summed E-state index contributed by atoms with van der Waals surface area (Å²) in [6.07, 6.45) is 1.82. The van der Waals surface area contributed by atoms with Crippen LogP contribution in [0.5, 0.6) is 11.5 Å². The van der Waals surface area contributed by atoms with Gasteiger partial charge in [0.25, 0.3) is 0 Å². The van der Waals surface area contributed by atoms with Gasteiger partial charge in [-0.3, -0.25) is 24.4 Å². The first-order chi connectivity index (χ1) is 11.9. The summed E-state index contributed by atoms with van der Waals surface area (Å²) in [5.74, 6) is -1.07. The zero-order valence-corrected chi connectivity index (χ0v) is 13.1. The van der Waals surface area contributed by atoms with E-state index in [0.29, 0.717) is 12.0 Å². The summed E-state index contributed by atoms with van der Waals surface area (Å²) < 4.78 is 11.8. The highest BCUT2D eigenvalue weighted by molar-refractivity contribution is 5.79. The van der Waals surface area contributed by atoms with Crippen LogP contribution in [-0.2, 0) is 17.9 Å². The summed E-state index contributed by atoms with van der Waals surface area (Å²) in [4.78, 5) is 31.9. The maximum Gasteiger partial charge on any atom is 0.315 e. The molecule has 0 saturated carbocycles. The van der Waals surface area contributed by atoms with Crippen LogP contribution in [0.2, 0.25) is 0 Å². The molecule has 132 valence electrons. The Morgan fingerprint density at radius 3 is 2.84 bits per heavy atom. The zero-order valence-electron chi connectivity index (χ0n) is 13.1. The number of aliphatic carboxylic acids is 1. The van der Waals surface area contributed by atoms with E-state index < -0.39 is 16.6 Å². The fourth-order valence-corrected chi connectivity index (χ4v) is 1.98. The molecule has 0 aliphatic rings. The van der Waals surface area contributed by atoms with Gasteiger partial charge in [0, 0.05) is 11.6 Å². The second-order valence-corrected chi connectivity index (χ2v) is 4.85. The zero-order chi connectivity index (χ0) is 18.4. The highest BCUT2D eigenvalue weighted by Crippen LogP contribution is 2.38. The Balaban J connectivity index is 2.18. The van der Waals surface area contributed by atoms with E-state index in [1.807, 2.05) is 0 Å². The number of methoxy groups -OCH3 is 1. The number of rotatable bonds is 9. The van der Waals surface area contributed by atoms with Crippen molar-refractivity contribution in [1.29, 1.82) is 0 Å². The van der Waals surface area contributed by atoms with Gasteiger partial charge < -0.3 is 14.6 Å². The smallest absolute Gasteiger partial charge is 0.315 e. The fourth-order valence-electron chi connectivity index (χ4n) is 1.98. The number of aromatic nitrogens is 3. The third-order valence-electron chi connectivity index (χ3n) is 3.12. The van der Waals surface area contributed by atoms with Crippen molar-refractivity contribution in [3.63, 3.8) is 0 Å². The van der Waals surface area contributed by atoms with Gasteiger partial charge in [-0.05, 0) is 6.07 Å². The van der Waals surface area contributed by atoms with Crippen LogP contribution < -0.4 is 9.47 Å². The number of ether oxygens (including phenoxy) is 2. The Bertz CT molecular complexity index is 802. The maximum atomic E-state index is 11.2. The van der Waals surface area contributed by atoms with Crippen LogP contribution in [0.1, 0.15) is 22.5 Å². The largest absolute Gasteiger partial charge is 0.493 e. The third-order valence-corrected chi connectivity index (χ3v) is 3.12. The number of nitro groups is 1. The number of benzene rings is 1. The third kappa shape index (κ3) is 4.50. The van der Waals surface area contributed by atoms with Crippen LogP contribution in [0.3, 0.4) is 0 Å². The Kier molecular flexibility index (Phi) is 5.61. The van der Waals surface area contributed by atoms with E-state index in [1.165, 1.54) is 24.1 Å². The number of aryl methyl sites for hydroxylation is 1. The molecule has 25 heavy (non-hydrogen) atoms. The monoisotopic (exact) mass is 350 g/mol. The summed E-state index contributed by atoms with van der Waals surface area (Å²) in [6.45, 7) is -0.00938. The molecule has 11 nitrogen and oxygen atoms in total. The first-order valence-corrected chi connectivity index (χ1v) is 6.99. The predicted octanol–water partition coefficient (Wildman–Crippen LogP) is 1.06. The van der Waals surface area contributed by atoms with Crippen molar-refractivity contribution < 1.29 is 29.1 Å². The summed E-state index contributed by atoms with van der Waals surface area (Å²) >= 11 is 0. The normalized spacial score (nSPS) is 10.3. The van der Waals surface area contributed by atoms with Crippen LogP contribution in [0.4, 0.5) is 5.69 Å². The standard InChI is InChI=1S/C14H14N4O7/c1-24-12-5-9(7-19)4-11(18(22)23)14(12)25-8-10-6-17(16-15-10)3-2-13(20)21/h4-7H,2-3,8H2,1H3,(H,20,21). The number of carboxylic acids is 1. The number of hydrogen-bond donors (Lipinski definition) is 1. The van der Waals surface area contributed by atoms with Crippen LogP contribution in [0.15, 0.2) is 18.3 Å². The molecule has 0 saturated heterocycles.